The van der Waals surface area contributed by atoms with E-state index in [2.05, 4.69) is 4.98 Å². The predicted octanol–water partition coefficient (Wildman–Crippen LogP) is 4.12. The molecule has 1 aromatic heterocycles. The number of nitrogens with zero attached hydrogens (tertiary/aromatic N) is 1. The summed E-state index contributed by atoms with van der Waals surface area (Å²) in [7, 11) is 0. The molecule has 82 valence electrons. The first-order valence-electron chi connectivity index (χ1n) is 4.49. The summed E-state index contributed by atoms with van der Waals surface area (Å²) in [5.74, 6) is 0. The Balaban J connectivity index is 2.28. The Morgan fingerprint density at radius 2 is 1.94 bits per heavy atom. The van der Waals surface area contributed by atoms with Crippen molar-refractivity contribution in [2.45, 2.75) is 9.79 Å². The number of pyridine rings is 1. The van der Waals surface area contributed by atoms with E-state index in [4.69, 9.17) is 28.9 Å². The van der Waals surface area contributed by atoms with Crippen LogP contribution < -0.4 is 5.73 Å². The first kappa shape index (κ1) is 11.6. The van der Waals surface area contributed by atoms with Crippen LogP contribution >= 0.6 is 35.0 Å². The summed E-state index contributed by atoms with van der Waals surface area (Å²) in [5.41, 5.74) is 6.45. The molecular formula is C11H8Cl2N2S. The third-order valence-corrected chi connectivity index (χ3v) is 3.75. The molecule has 2 nitrogen and oxygen atoms in total. The molecule has 0 amide bonds. The maximum absolute atomic E-state index is 5.93. The molecule has 2 N–H and O–H groups in total. The monoisotopic (exact) mass is 270 g/mol. The third kappa shape index (κ3) is 2.61. The standard InChI is InChI=1S/C11H8Cl2N2S/c12-8-2-1-7(5-9(8)13)16-11-3-4-15-6-10(11)14/h1-6H,14H2. The van der Waals surface area contributed by atoms with Crippen molar-refractivity contribution < 1.29 is 0 Å². The number of rotatable bonds is 2. The van der Waals surface area contributed by atoms with Crippen LogP contribution in [0.3, 0.4) is 0 Å². The second-order valence-corrected chi connectivity index (χ2v) is 5.02. The van der Waals surface area contributed by atoms with Crippen molar-refractivity contribution in [1.82, 2.24) is 4.98 Å². The van der Waals surface area contributed by atoms with Crippen molar-refractivity contribution in [3.63, 3.8) is 0 Å². The zero-order valence-electron chi connectivity index (χ0n) is 8.15. The first-order chi connectivity index (χ1) is 7.66. The van der Waals surface area contributed by atoms with Crippen LogP contribution in [-0.4, -0.2) is 4.98 Å². The van der Waals surface area contributed by atoms with Crippen LogP contribution in [0.4, 0.5) is 5.69 Å². The molecule has 0 saturated carbocycles. The van der Waals surface area contributed by atoms with Gasteiger partial charge in [-0.25, -0.2) is 0 Å². The molecule has 0 aliphatic rings. The number of nitrogen functional groups attached to an aromatic ring is 1. The van der Waals surface area contributed by atoms with Gasteiger partial charge in [0, 0.05) is 16.0 Å². The zero-order valence-corrected chi connectivity index (χ0v) is 10.5. The van der Waals surface area contributed by atoms with Gasteiger partial charge in [0.05, 0.1) is 21.9 Å². The van der Waals surface area contributed by atoms with Gasteiger partial charge < -0.3 is 5.73 Å². The topological polar surface area (TPSA) is 38.9 Å². The van der Waals surface area contributed by atoms with Gasteiger partial charge in [0.2, 0.25) is 0 Å². The van der Waals surface area contributed by atoms with E-state index < -0.39 is 0 Å². The Morgan fingerprint density at radius 1 is 1.12 bits per heavy atom. The fraction of sp³-hybridized carbons (Fsp3) is 0. The summed E-state index contributed by atoms with van der Waals surface area (Å²) in [4.78, 5) is 5.88. The van der Waals surface area contributed by atoms with Gasteiger partial charge in [-0.15, -0.1) is 0 Å². The molecule has 0 radical (unpaired) electrons. The number of nitrogens with two attached hydrogens (primary N) is 1. The molecule has 2 aromatic rings. The molecule has 0 saturated heterocycles. The minimum atomic E-state index is 0.541. The largest absolute Gasteiger partial charge is 0.397 e. The Hall–Kier alpha value is -0.900. The second kappa shape index (κ2) is 4.95. The lowest BCUT2D eigenvalue weighted by Crippen LogP contribution is -1.88. The highest BCUT2D eigenvalue weighted by Crippen LogP contribution is 2.34. The highest BCUT2D eigenvalue weighted by Gasteiger charge is 2.04. The van der Waals surface area contributed by atoms with E-state index in [9.17, 15) is 0 Å². The van der Waals surface area contributed by atoms with Crippen LogP contribution in [0.1, 0.15) is 0 Å². The summed E-state index contributed by atoms with van der Waals surface area (Å²) in [5, 5.41) is 1.09. The maximum Gasteiger partial charge on any atom is 0.0642 e. The molecule has 0 aliphatic carbocycles. The van der Waals surface area contributed by atoms with Crippen molar-refractivity contribution in [3.8, 4) is 0 Å². The van der Waals surface area contributed by atoms with Crippen LogP contribution in [0.2, 0.25) is 10.0 Å². The molecule has 1 aromatic carbocycles. The van der Waals surface area contributed by atoms with Gasteiger partial charge in [0.1, 0.15) is 0 Å². The van der Waals surface area contributed by atoms with E-state index >= 15 is 0 Å². The smallest absolute Gasteiger partial charge is 0.0642 e. The van der Waals surface area contributed by atoms with Gasteiger partial charge in [0.15, 0.2) is 0 Å². The first-order valence-corrected chi connectivity index (χ1v) is 6.06. The lowest BCUT2D eigenvalue weighted by Gasteiger charge is -2.05. The second-order valence-electron chi connectivity index (χ2n) is 3.09. The molecule has 2 rings (SSSR count). The Kier molecular flexibility index (Phi) is 3.59. The highest BCUT2D eigenvalue weighted by atomic mass is 35.5. The molecule has 0 spiro atoms. The number of anilines is 1. The van der Waals surface area contributed by atoms with E-state index in [1.807, 2.05) is 18.2 Å². The van der Waals surface area contributed by atoms with Crippen molar-refractivity contribution >= 4 is 40.7 Å². The molecule has 0 fully saturated rings. The zero-order chi connectivity index (χ0) is 11.5. The summed E-state index contributed by atoms with van der Waals surface area (Å²) in [6, 6.07) is 7.35. The van der Waals surface area contributed by atoms with Crippen LogP contribution in [0, 0.1) is 0 Å². The fourth-order valence-corrected chi connectivity index (χ4v) is 2.38. The molecule has 0 aliphatic heterocycles. The van der Waals surface area contributed by atoms with E-state index in [0.717, 1.165) is 9.79 Å². The minimum Gasteiger partial charge on any atom is -0.397 e. The molecular weight excluding hydrogens is 263 g/mol. The van der Waals surface area contributed by atoms with Gasteiger partial charge >= 0.3 is 0 Å². The molecule has 1 heterocycles. The number of hydrogen-bond acceptors (Lipinski definition) is 3. The van der Waals surface area contributed by atoms with E-state index in [-0.39, 0.29) is 0 Å². The Bertz CT molecular complexity index is 517. The van der Waals surface area contributed by atoms with Gasteiger partial charge in [-0.05, 0) is 24.3 Å². The van der Waals surface area contributed by atoms with Gasteiger partial charge in [-0.1, -0.05) is 35.0 Å². The van der Waals surface area contributed by atoms with Gasteiger partial charge in [-0.3, -0.25) is 4.98 Å². The number of hydrogen-bond donors (Lipinski definition) is 1. The Morgan fingerprint density at radius 3 is 2.62 bits per heavy atom. The van der Waals surface area contributed by atoms with Gasteiger partial charge in [-0.2, -0.15) is 0 Å². The molecule has 0 atom stereocenters. The normalized spacial score (nSPS) is 10.4. The van der Waals surface area contributed by atoms with Crippen LogP contribution in [0.25, 0.3) is 0 Å². The van der Waals surface area contributed by atoms with Crippen molar-refractivity contribution in [2.24, 2.45) is 0 Å². The summed E-state index contributed by atoms with van der Waals surface area (Å²) >= 11 is 13.3. The van der Waals surface area contributed by atoms with Gasteiger partial charge in [0.25, 0.3) is 0 Å². The maximum atomic E-state index is 5.93. The SMILES string of the molecule is Nc1cnccc1Sc1ccc(Cl)c(Cl)c1. The van der Waals surface area contributed by atoms with Crippen LogP contribution in [0.15, 0.2) is 46.5 Å². The minimum absolute atomic E-state index is 0.541. The summed E-state index contributed by atoms with van der Waals surface area (Å²) < 4.78 is 0. The molecule has 16 heavy (non-hydrogen) atoms. The van der Waals surface area contributed by atoms with Crippen LogP contribution in [-0.2, 0) is 0 Å². The lowest BCUT2D eigenvalue weighted by molar-refractivity contribution is 1.27. The predicted molar refractivity (Wildman–Crippen MR) is 69.2 cm³/mol. The summed E-state index contributed by atoms with van der Waals surface area (Å²) in [6.07, 6.45) is 3.33. The number of halogens is 2. The molecule has 5 heteroatoms. The summed E-state index contributed by atoms with van der Waals surface area (Å²) in [6.45, 7) is 0. The number of aromatic nitrogens is 1. The average Bonchev–Trinajstić information content (AvgIpc) is 2.27. The van der Waals surface area contributed by atoms with E-state index in [0.29, 0.717) is 15.7 Å². The highest BCUT2D eigenvalue weighted by molar-refractivity contribution is 7.99. The quantitative estimate of drug-likeness (QED) is 0.892. The van der Waals surface area contributed by atoms with Crippen molar-refractivity contribution in [1.29, 1.82) is 0 Å². The molecule has 0 unspecified atom stereocenters. The van der Waals surface area contributed by atoms with Crippen LogP contribution in [0.5, 0.6) is 0 Å². The lowest BCUT2D eigenvalue weighted by atomic mass is 10.4. The van der Waals surface area contributed by atoms with Crippen molar-refractivity contribution in [2.75, 3.05) is 5.73 Å². The van der Waals surface area contributed by atoms with E-state index in [1.54, 1.807) is 18.5 Å². The number of benzene rings is 1. The Labute approximate surface area is 108 Å². The third-order valence-electron chi connectivity index (χ3n) is 1.93. The molecule has 0 bridgehead atoms. The fourth-order valence-electron chi connectivity index (χ4n) is 1.15. The van der Waals surface area contributed by atoms with E-state index in [1.165, 1.54) is 11.8 Å². The van der Waals surface area contributed by atoms with Crippen molar-refractivity contribution in [3.05, 3.63) is 46.7 Å². The average molecular weight is 271 g/mol.